The van der Waals surface area contributed by atoms with Crippen LogP contribution in [-0.4, -0.2) is 9.97 Å². The Kier molecular flexibility index (Phi) is 3.33. The Bertz CT molecular complexity index is 433. The molecule has 0 atom stereocenters. The van der Waals surface area contributed by atoms with Gasteiger partial charge in [0, 0.05) is 22.1 Å². The standard InChI is InChI=1S/C10H13N3S2/c1-3-9-11-5-8(15-9)6-13-10-12-4-7(2)14-10/h4-5H,3,6H2,1-2H3,(H,12,13). The summed E-state index contributed by atoms with van der Waals surface area (Å²) in [4.78, 5) is 11.1. The van der Waals surface area contributed by atoms with Crippen LogP contribution >= 0.6 is 22.7 Å². The molecule has 1 N–H and O–H groups in total. The first kappa shape index (κ1) is 10.6. The number of anilines is 1. The van der Waals surface area contributed by atoms with E-state index in [2.05, 4.69) is 29.1 Å². The molecule has 0 radical (unpaired) electrons. The van der Waals surface area contributed by atoms with Crippen LogP contribution in [0, 0.1) is 6.92 Å². The molecule has 0 unspecified atom stereocenters. The van der Waals surface area contributed by atoms with Gasteiger partial charge in [-0.15, -0.1) is 22.7 Å². The Labute approximate surface area is 97.2 Å². The summed E-state index contributed by atoms with van der Waals surface area (Å²) >= 11 is 3.44. The van der Waals surface area contributed by atoms with Gasteiger partial charge in [0.05, 0.1) is 11.6 Å². The van der Waals surface area contributed by atoms with Crippen LogP contribution in [0.2, 0.25) is 0 Å². The highest BCUT2D eigenvalue weighted by Gasteiger charge is 2.01. The molecule has 0 bridgehead atoms. The van der Waals surface area contributed by atoms with E-state index in [1.54, 1.807) is 22.7 Å². The van der Waals surface area contributed by atoms with E-state index >= 15 is 0 Å². The first-order valence-electron chi connectivity index (χ1n) is 4.88. The summed E-state index contributed by atoms with van der Waals surface area (Å²) in [5, 5.41) is 5.48. The first-order valence-corrected chi connectivity index (χ1v) is 6.51. The van der Waals surface area contributed by atoms with Crippen molar-refractivity contribution in [2.24, 2.45) is 0 Å². The average Bonchev–Trinajstić information content (AvgIpc) is 2.83. The Morgan fingerprint density at radius 2 is 2.13 bits per heavy atom. The first-order chi connectivity index (χ1) is 7.28. The normalized spacial score (nSPS) is 10.5. The van der Waals surface area contributed by atoms with Gasteiger partial charge in [-0.3, -0.25) is 0 Å². The van der Waals surface area contributed by atoms with Crippen molar-refractivity contribution < 1.29 is 0 Å². The predicted molar refractivity (Wildman–Crippen MR) is 65.7 cm³/mol. The number of nitrogens with one attached hydrogen (secondary N) is 1. The highest BCUT2D eigenvalue weighted by atomic mass is 32.1. The van der Waals surface area contributed by atoms with Crippen molar-refractivity contribution in [1.29, 1.82) is 0 Å². The van der Waals surface area contributed by atoms with Gasteiger partial charge in [-0.25, -0.2) is 9.97 Å². The van der Waals surface area contributed by atoms with Gasteiger partial charge in [0.1, 0.15) is 0 Å². The van der Waals surface area contributed by atoms with E-state index < -0.39 is 0 Å². The minimum absolute atomic E-state index is 0.824. The minimum atomic E-state index is 0.824. The molecule has 0 spiro atoms. The third-order valence-electron chi connectivity index (χ3n) is 1.94. The monoisotopic (exact) mass is 239 g/mol. The van der Waals surface area contributed by atoms with Crippen molar-refractivity contribution in [3.05, 3.63) is 27.2 Å². The van der Waals surface area contributed by atoms with Crippen LogP contribution in [-0.2, 0) is 13.0 Å². The lowest BCUT2D eigenvalue weighted by Crippen LogP contribution is -1.95. The lowest BCUT2D eigenvalue weighted by molar-refractivity contribution is 1.09. The van der Waals surface area contributed by atoms with Crippen LogP contribution in [0.4, 0.5) is 5.13 Å². The van der Waals surface area contributed by atoms with E-state index in [1.165, 1.54) is 14.8 Å². The quantitative estimate of drug-likeness (QED) is 0.891. The third kappa shape index (κ3) is 2.76. The van der Waals surface area contributed by atoms with Crippen molar-refractivity contribution in [1.82, 2.24) is 9.97 Å². The molecule has 5 heteroatoms. The molecule has 0 aliphatic heterocycles. The van der Waals surface area contributed by atoms with Crippen molar-refractivity contribution in [3.63, 3.8) is 0 Å². The molecule has 0 aromatic carbocycles. The number of nitrogens with zero attached hydrogens (tertiary/aromatic N) is 2. The maximum absolute atomic E-state index is 4.31. The lowest BCUT2D eigenvalue weighted by atomic mass is 10.5. The fraction of sp³-hybridized carbons (Fsp3) is 0.400. The van der Waals surface area contributed by atoms with Crippen molar-refractivity contribution in [2.75, 3.05) is 5.32 Å². The topological polar surface area (TPSA) is 37.8 Å². The summed E-state index contributed by atoms with van der Waals surface area (Å²) in [6, 6.07) is 0. The van der Waals surface area contributed by atoms with Gasteiger partial charge in [0.15, 0.2) is 5.13 Å². The van der Waals surface area contributed by atoms with Gasteiger partial charge in [-0.05, 0) is 13.3 Å². The van der Waals surface area contributed by atoms with Crippen molar-refractivity contribution >= 4 is 27.8 Å². The second kappa shape index (κ2) is 4.72. The molecule has 2 aromatic rings. The highest BCUT2D eigenvalue weighted by Crippen LogP contribution is 2.19. The fourth-order valence-electron chi connectivity index (χ4n) is 1.19. The second-order valence-electron chi connectivity index (χ2n) is 3.20. The Morgan fingerprint density at radius 3 is 2.73 bits per heavy atom. The van der Waals surface area contributed by atoms with E-state index in [-0.39, 0.29) is 0 Å². The molecule has 0 aliphatic carbocycles. The molecule has 0 saturated heterocycles. The van der Waals surface area contributed by atoms with E-state index in [4.69, 9.17) is 0 Å². The van der Waals surface area contributed by atoms with Gasteiger partial charge in [0.2, 0.25) is 0 Å². The zero-order chi connectivity index (χ0) is 10.7. The second-order valence-corrected chi connectivity index (χ2v) is 5.64. The molecule has 3 nitrogen and oxygen atoms in total. The molecule has 0 saturated carbocycles. The van der Waals surface area contributed by atoms with Crippen LogP contribution in [0.15, 0.2) is 12.4 Å². The number of hydrogen-bond acceptors (Lipinski definition) is 5. The summed E-state index contributed by atoms with van der Waals surface area (Å²) in [5.74, 6) is 0. The van der Waals surface area contributed by atoms with Crippen LogP contribution in [0.5, 0.6) is 0 Å². The number of aromatic nitrogens is 2. The third-order valence-corrected chi connectivity index (χ3v) is 3.95. The highest BCUT2D eigenvalue weighted by molar-refractivity contribution is 7.15. The maximum Gasteiger partial charge on any atom is 0.183 e. The van der Waals surface area contributed by atoms with Crippen molar-refractivity contribution in [2.45, 2.75) is 26.8 Å². The van der Waals surface area contributed by atoms with Gasteiger partial charge in [-0.2, -0.15) is 0 Å². The molecular weight excluding hydrogens is 226 g/mol. The summed E-state index contributed by atoms with van der Waals surface area (Å²) in [5.41, 5.74) is 0. The molecule has 2 rings (SSSR count). The number of hydrogen-bond donors (Lipinski definition) is 1. The van der Waals surface area contributed by atoms with Crippen LogP contribution < -0.4 is 5.32 Å². The number of rotatable bonds is 4. The molecular formula is C10H13N3S2. The van der Waals surface area contributed by atoms with E-state index in [9.17, 15) is 0 Å². The minimum Gasteiger partial charge on any atom is -0.357 e. The number of thiazole rings is 2. The largest absolute Gasteiger partial charge is 0.357 e. The Morgan fingerprint density at radius 1 is 1.27 bits per heavy atom. The average molecular weight is 239 g/mol. The summed E-state index contributed by atoms with van der Waals surface area (Å²) < 4.78 is 0. The van der Waals surface area contributed by atoms with Gasteiger partial charge >= 0.3 is 0 Å². The SMILES string of the molecule is CCc1ncc(CNc2ncc(C)s2)s1. The lowest BCUT2D eigenvalue weighted by Gasteiger charge is -1.97. The van der Waals surface area contributed by atoms with Crippen LogP contribution in [0.1, 0.15) is 21.7 Å². The van der Waals surface area contributed by atoms with E-state index in [1.807, 2.05) is 12.4 Å². The molecule has 0 fully saturated rings. The van der Waals surface area contributed by atoms with Gasteiger partial charge in [-0.1, -0.05) is 6.92 Å². The summed E-state index contributed by atoms with van der Waals surface area (Å²) in [7, 11) is 0. The molecule has 0 amide bonds. The molecule has 2 aromatic heterocycles. The van der Waals surface area contributed by atoms with Crippen molar-refractivity contribution in [3.8, 4) is 0 Å². The fourth-order valence-corrected chi connectivity index (χ4v) is 2.65. The van der Waals surface area contributed by atoms with Gasteiger partial charge in [0.25, 0.3) is 0 Å². The molecule has 0 aliphatic rings. The molecule has 2 heterocycles. The number of aryl methyl sites for hydroxylation is 2. The van der Waals surface area contributed by atoms with E-state index in [0.717, 1.165) is 18.1 Å². The molecule has 15 heavy (non-hydrogen) atoms. The Hall–Kier alpha value is -0.940. The predicted octanol–water partition coefficient (Wildman–Crippen LogP) is 3.08. The zero-order valence-electron chi connectivity index (χ0n) is 8.78. The smallest absolute Gasteiger partial charge is 0.183 e. The Balaban J connectivity index is 1.93. The van der Waals surface area contributed by atoms with Crippen LogP contribution in [0.25, 0.3) is 0 Å². The zero-order valence-corrected chi connectivity index (χ0v) is 10.4. The summed E-state index contributed by atoms with van der Waals surface area (Å²) in [6.07, 6.45) is 4.84. The van der Waals surface area contributed by atoms with E-state index in [0.29, 0.717) is 0 Å². The molecule has 80 valence electrons. The maximum atomic E-state index is 4.31. The van der Waals surface area contributed by atoms with Gasteiger partial charge < -0.3 is 5.32 Å². The van der Waals surface area contributed by atoms with Crippen LogP contribution in [0.3, 0.4) is 0 Å². The summed E-state index contributed by atoms with van der Waals surface area (Å²) in [6.45, 7) is 5.01.